The first-order valence-electron chi connectivity index (χ1n) is 7.84. The summed E-state index contributed by atoms with van der Waals surface area (Å²) in [4.78, 5) is 15.2. The van der Waals surface area contributed by atoms with E-state index in [-0.39, 0.29) is 13.0 Å². The molecule has 0 saturated heterocycles. The van der Waals surface area contributed by atoms with Crippen LogP contribution in [0.3, 0.4) is 0 Å². The number of sulfone groups is 1. The van der Waals surface area contributed by atoms with Crippen LogP contribution in [0.25, 0.3) is 22.5 Å². The number of hydrogen-bond donors (Lipinski definition) is 1. The monoisotopic (exact) mass is 374 g/mol. The van der Waals surface area contributed by atoms with Gasteiger partial charge >= 0.3 is 0 Å². The highest BCUT2D eigenvalue weighted by molar-refractivity contribution is 7.92. The van der Waals surface area contributed by atoms with Crippen LogP contribution in [0, 0.1) is 0 Å². The number of oxazole rings is 1. The van der Waals surface area contributed by atoms with Crippen LogP contribution >= 0.6 is 0 Å². The minimum Gasteiger partial charge on any atom is -0.444 e. The molecular weight excluding hydrogens is 356 g/mol. The second kappa shape index (κ2) is 7.12. The first-order valence-corrected chi connectivity index (χ1v) is 9.80. The Bertz CT molecular complexity index is 992. The van der Waals surface area contributed by atoms with Crippen LogP contribution in [0.2, 0.25) is 0 Å². The average Bonchev–Trinajstić information content (AvgIpc) is 3.25. The smallest absolute Gasteiger partial charge is 0.235 e. The van der Waals surface area contributed by atoms with Gasteiger partial charge in [-0.25, -0.2) is 13.4 Å². The standard InChI is InChI=1S/C17H18N4O4S/c1-26(23,24)16(17(18)22)6-7-21-10-14(8-20-21)12-2-4-13(5-3-12)15-9-19-11-25-15/h2-5,8-11,16H,6-7H2,1H3,(H2,18,22). The first kappa shape index (κ1) is 17.9. The highest BCUT2D eigenvalue weighted by Gasteiger charge is 2.26. The van der Waals surface area contributed by atoms with Crippen molar-refractivity contribution >= 4 is 15.7 Å². The largest absolute Gasteiger partial charge is 0.444 e. The van der Waals surface area contributed by atoms with E-state index in [1.165, 1.54) is 6.39 Å². The van der Waals surface area contributed by atoms with Crippen molar-refractivity contribution in [2.75, 3.05) is 6.26 Å². The number of hydrogen-bond acceptors (Lipinski definition) is 6. The normalized spacial score (nSPS) is 12.8. The first-order chi connectivity index (χ1) is 12.3. The summed E-state index contributed by atoms with van der Waals surface area (Å²) in [5.74, 6) is -0.159. The minimum atomic E-state index is -3.54. The SMILES string of the molecule is CS(=O)(=O)C(CCn1cc(-c2ccc(-c3cnco3)cc2)cn1)C(N)=O. The van der Waals surface area contributed by atoms with E-state index in [2.05, 4.69) is 10.1 Å². The lowest BCUT2D eigenvalue weighted by Crippen LogP contribution is -2.36. The average molecular weight is 374 g/mol. The fraction of sp³-hybridized carbons (Fsp3) is 0.235. The van der Waals surface area contributed by atoms with Crippen molar-refractivity contribution in [3.05, 3.63) is 49.2 Å². The summed E-state index contributed by atoms with van der Waals surface area (Å²) in [6.07, 6.45) is 7.59. The van der Waals surface area contributed by atoms with E-state index >= 15 is 0 Å². The molecule has 0 aliphatic carbocycles. The summed E-state index contributed by atoms with van der Waals surface area (Å²) in [5, 5.41) is 3.01. The minimum absolute atomic E-state index is 0.0831. The molecule has 3 aromatic rings. The van der Waals surface area contributed by atoms with Crippen LogP contribution in [0.4, 0.5) is 0 Å². The lowest BCUT2D eigenvalue weighted by Gasteiger charge is -2.10. The molecule has 0 bridgehead atoms. The Hall–Kier alpha value is -2.94. The van der Waals surface area contributed by atoms with Gasteiger partial charge in [-0.05, 0) is 12.0 Å². The molecule has 0 aliphatic heterocycles. The van der Waals surface area contributed by atoms with Gasteiger partial charge in [0, 0.05) is 30.1 Å². The van der Waals surface area contributed by atoms with Gasteiger partial charge in [0.15, 0.2) is 22.0 Å². The third-order valence-corrected chi connectivity index (χ3v) is 5.52. The van der Waals surface area contributed by atoms with E-state index in [0.717, 1.165) is 22.9 Å². The molecule has 2 aromatic heterocycles. The van der Waals surface area contributed by atoms with Gasteiger partial charge in [0.25, 0.3) is 0 Å². The Balaban J connectivity index is 1.71. The van der Waals surface area contributed by atoms with Crippen LogP contribution in [-0.4, -0.2) is 40.6 Å². The maximum Gasteiger partial charge on any atom is 0.235 e. The molecule has 0 radical (unpaired) electrons. The predicted molar refractivity (Wildman–Crippen MR) is 95.6 cm³/mol. The van der Waals surface area contributed by atoms with Gasteiger partial charge < -0.3 is 10.2 Å². The van der Waals surface area contributed by atoms with Gasteiger partial charge in [-0.15, -0.1) is 0 Å². The molecule has 0 aliphatic rings. The number of nitrogens with two attached hydrogens (primary N) is 1. The van der Waals surface area contributed by atoms with Gasteiger partial charge in [0.1, 0.15) is 5.25 Å². The Morgan fingerprint density at radius 2 is 1.88 bits per heavy atom. The van der Waals surface area contributed by atoms with Crippen LogP contribution < -0.4 is 5.73 Å². The van der Waals surface area contributed by atoms with Gasteiger partial charge in [0.2, 0.25) is 5.91 Å². The molecule has 3 rings (SSSR count). The molecule has 0 spiro atoms. The fourth-order valence-corrected chi connectivity index (χ4v) is 3.59. The molecule has 9 heteroatoms. The van der Waals surface area contributed by atoms with E-state index in [1.54, 1.807) is 23.3 Å². The zero-order valence-corrected chi connectivity index (χ0v) is 14.9. The van der Waals surface area contributed by atoms with Gasteiger partial charge in [-0.2, -0.15) is 5.10 Å². The van der Waals surface area contributed by atoms with Gasteiger partial charge in [-0.3, -0.25) is 9.48 Å². The van der Waals surface area contributed by atoms with Crippen molar-refractivity contribution in [1.29, 1.82) is 0 Å². The van der Waals surface area contributed by atoms with Gasteiger partial charge in [0.05, 0.1) is 12.4 Å². The summed E-state index contributed by atoms with van der Waals surface area (Å²) in [6.45, 7) is 0.275. The number of aromatic nitrogens is 3. The molecule has 26 heavy (non-hydrogen) atoms. The summed E-state index contributed by atoms with van der Waals surface area (Å²) < 4.78 is 30.1. The molecule has 8 nitrogen and oxygen atoms in total. The number of carbonyl (C=O) groups is 1. The molecule has 2 heterocycles. The Kier molecular flexibility index (Phi) is 4.90. The van der Waals surface area contributed by atoms with Crippen molar-refractivity contribution in [3.63, 3.8) is 0 Å². The van der Waals surface area contributed by atoms with E-state index in [4.69, 9.17) is 10.2 Å². The summed E-state index contributed by atoms with van der Waals surface area (Å²) in [6, 6.07) is 7.70. The number of benzene rings is 1. The molecule has 1 amide bonds. The summed E-state index contributed by atoms with van der Waals surface area (Å²) in [5.41, 5.74) is 7.92. The Morgan fingerprint density at radius 1 is 1.19 bits per heavy atom. The number of amides is 1. The van der Waals surface area contributed by atoms with Crippen molar-refractivity contribution in [1.82, 2.24) is 14.8 Å². The number of nitrogens with zero attached hydrogens (tertiary/aromatic N) is 3. The molecule has 1 unspecified atom stereocenters. The second-order valence-corrected chi connectivity index (χ2v) is 8.17. The summed E-state index contributed by atoms with van der Waals surface area (Å²) >= 11 is 0. The van der Waals surface area contributed by atoms with Crippen LogP contribution in [0.5, 0.6) is 0 Å². The zero-order valence-electron chi connectivity index (χ0n) is 14.1. The van der Waals surface area contributed by atoms with Crippen LogP contribution in [-0.2, 0) is 21.2 Å². The highest BCUT2D eigenvalue weighted by atomic mass is 32.2. The number of aryl methyl sites for hydroxylation is 1. The third kappa shape index (κ3) is 3.99. The Morgan fingerprint density at radius 3 is 2.46 bits per heavy atom. The lowest BCUT2D eigenvalue weighted by molar-refractivity contribution is -0.117. The number of rotatable bonds is 7. The van der Waals surface area contributed by atoms with E-state index in [1.807, 2.05) is 24.3 Å². The molecule has 0 saturated carbocycles. The van der Waals surface area contributed by atoms with E-state index in [0.29, 0.717) is 5.76 Å². The quantitative estimate of drug-likeness (QED) is 0.669. The molecule has 1 aromatic carbocycles. The predicted octanol–water partition coefficient (Wildman–Crippen LogP) is 1.49. The molecule has 2 N–H and O–H groups in total. The van der Waals surface area contributed by atoms with E-state index in [9.17, 15) is 13.2 Å². The topological polar surface area (TPSA) is 121 Å². The molecule has 0 fully saturated rings. The van der Waals surface area contributed by atoms with Gasteiger partial charge in [-0.1, -0.05) is 24.3 Å². The van der Waals surface area contributed by atoms with Crippen LogP contribution in [0.15, 0.2) is 53.7 Å². The molecular formula is C17H18N4O4S. The number of carbonyl (C=O) groups excluding carboxylic acids is 1. The summed E-state index contributed by atoms with van der Waals surface area (Å²) in [7, 11) is -3.54. The fourth-order valence-electron chi connectivity index (χ4n) is 2.64. The highest BCUT2D eigenvalue weighted by Crippen LogP contribution is 2.24. The maximum atomic E-state index is 11.6. The third-order valence-electron chi connectivity index (χ3n) is 4.02. The van der Waals surface area contributed by atoms with Crippen LogP contribution in [0.1, 0.15) is 6.42 Å². The van der Waals surface area contributed by atoms with Crippen molar-refractivity contribution in [2.45, 2.75) is 18.2 Å². The second-order valence-electron chi connectivity index (χ2n) is 5.94. The maximum absolute atomic E-state index is 11.6. The molecule has 1 atom stereocenters. The lowest BCUT2D eigenvalue weighted by atomic mass is 10.1. The van der Waals surface area contributed by atoms with Crippen molar-refractivity contribution in [3.8, 4) is 22.5 Å². The zero-order chi connectivity index (χ0) is 18.7. The Labute approximate surface area is 150 Å². The molecule has 136 valence electrons. The van der Waals surface area contributed by atoms with Crippen molar-refractivity contribution in [2.24, 2.45) is 5.73 Å². The van der Waals surface area contributed by atoms with Crippen molar-refractivity contribution < 1.29 is 17.6 Å². The van der Waals surface area contributed by atoms with E-state index < -0.39 is 21.0 Å². The number of primary amides is 1.